The second-order valence-electron chi connectivity index (χ2n) is 5.69. The van der Waals surface area contributed by atoms with E-state index in [2.05, 4.69) is 22.9 Å². The molecular weight excluding hydrogens is 278 g/mol. The number of rotatable bonds is 5. The minimum atomic E-state index is 0.00167. The van der Waals surface area contributed by atoms with Crippen LogP contribution in [0.15, 0.2) is 24.3 Å². The van der Waals surface area contributed by atoms with E-state index in [0.717, 1.165) is 43.7 Å². The number of ether oxygens (including phenoxy) is 1. The molecule has 0 unspecified atom stereocenters. The van der Waals surface area contributed by atoms with Gasteiger partial charge < -0.3 is 15.2 Å². The smallest absolute Gasteiger partial charge is 0.162 e. The summed E-state index contributed by atoms with van der Waals surface area (Å²) in [7, 11) is 1.50. The molecular formula is C17H23N3O2. The van der Waals surface area contributed by atoms with Gasteiger partial charge in [-0.2, -0.15) is 5.26 Å². The molecule has 1 fully saturated rings. The Morgan fingerprint density at radius 1 is 1.50 bits per heavy atom. The number of hydrogen-bond acceptors (Lipinski definition) is 5. The summed E-state index contributed by atoms with van der Waals surface area (Å²) in [5.41, 5.74) is 2.27. The predicted molar refractivity (Wildman–Crippen MR) is 86.0 cm³/mol. The number of phenols is 1. The molecule has 118 valence electrons. The number of aromatic hydroxyl groups is 1. The lowest BCUT2D eigenvalue weighted by atomic mass is 9.95. The van der Waals surface area contributed by atoms with Crippen molar-refractivity contribution in [1.29, 1.82) is 5.26 Å². The molecule has 0 saturated carbocycles. The molecule has 1 aromatic carbocycles. The van der Waals surface area contributed by atoms with Gasteiger partial charge in [0.05, 0.1) is 18.7 Å². The lowest BCUT2D eigenvalue weighted by Crippen LogP contribution is -2.45. The average molecular weight is 301 g/mol. The van der Waals surface area contributed by atoms with Gasteiger partial charge in [-0.3, -0.25) is 4.90 Å². The third kappa shape index (κ3) is 3.59. The van der Waals surface area contributed by atoms with Gasteiger partial charge in [0.2, 0.25) is 0 Å². The van der Waals surface area contributed by atoms with E-state index in [1.807, 2.05) is 6.92 Å². The van der Waals surface area contributed by atoms with Crippen LogP contribution in [0.5, 0.6) is 11.5 Å². The lowest BCUT2D eigenvalue weighted by Gasteiger charge is -2.36. The van der Waals surface area contributed by atoms with Gasteiger partial charge in [0.15, 0.2) is 11.5 Å². The average Bonchev–Trinajstić information content (AvgIpc) is 2.54. The van der Waals surface area contributed by atoms with Crippen LogP contribution in [-0.4, -0.2) is 43.3 Å². The third-order valence-corrected chi connectivity index (χ3v) is 3.95. The largest absolute Gasteiger partial charge is 0.504 e. The van der Waals surface area contributed by atoms with Crippen molar-refractivity contribution in [3.8, 4) is 17.6 Å². The highest BCUT2D eigenvalue weighted by atomic mass is 16.5. The van der Waals surface area contributed by atoms with Crippen molar-refractivity contribution < 1.29 is 9.84 Å². The third-order valence-electron chi connectivity index (χ3n) is 3.95. The molecule has 2 rings (SSSR count). The molecule has 0 spiro atoms. The van der Waals surface area contributed by atoms with Crippen molar-refractivity contribution in [3.05, 3.63) is 35.4 Å². The number of nitrogens with zero attached hydrogens (tertiary/aromatic N) is 2. The van der Waals surface area contributed by atoms with E-state index in [4.69, 9.17) is 4.74 Å². The summed E-state index contributed by atoms with van der Waals surface area (Å²) in [6.45, 7) is 9.63. The van der Waals surface area contributed by atoms with Crippen molar-refractivity contribution in [2.75, 3.05) is 33.3 Å². The molecule has 0 radical (unpaired) electrons. The number of hydrogen-bond donors (Lipinski definition) is 2. The van der Waals surface area contributed by atoms with Crippen molar-refractivity contribution in [1.82, 2.24) is 10.2 Å². The van der Waals surface area contributed by atoms with Crippen molar-refractivity contribution in [2.24, 2.45) is 0 Å². The highest BCUT2D eigenvalue weighted by molar-refractivity contribution is 5.53. The number of nitriles is 1. The van der Waals surface area contributed by atoms with E-state index in [-0.39, 0.29) is 11.8 Å². The van der Waals surface area contributed by atoms with Gasteiger partial charge in [-0.1, -0.05) is 5.57 Å². The van der Waals surface area contributed by atoms with Gasteiger partial charge in [0.25, 0.3) is 0 Å². The molecule has 1 aliphatic rings. The van der Waals surface area contributed by atoms with Crippen LogP contribution in [0.4, 0.5) is 0 Å². The second-order valence-corrected chi connectivity index (χ2v) is 5.69. The molecule has 0 amide bonds. The summed E-state index contributed by atoms with van der Waals surface area (Å²) in [5.74, 6) is 0.460. The Bertz CT molecular complexity index is 586. The van der Waals surface area contributed by atoms with E-state index in [0.29, 0.717) is 11.3 Å². The van der Waals surface area contributed by atoms with Gasteiger partial charge >= 0.3 is 0 Å². The molecule has 1 aromatic rings. The highest BCUT2D eigenvalue weighted by Gasteiger charge is 2.26. The standard InChI is InChI=1S/C17H23N3O2/c1-12(2)8-15(20-6-4-19-5-7-20)14-9-13(11-18)10-16(22-3)17(14)21/h9-10,15,19,21H,1,4-8H2,2-3H3/t15-/m0/s1. The van der Waals surface area contributed by atoms with Crippen molar-refractivity contribution in [2.45, 2.75) is 19.4 Å². The summed E-state index contributed by atoms with van der Waals surface area (Å²) in [4.78, 5) is 2.32. The summed E-state index contributed by atoms with van der Waals surface area (Å²) in [6.07, 6.45) is 0.742. The molecule has 2 N–H and O–H groups in total. The predicted octanol–water partition coefficient (Wildman–Crippen LogP) is 2.18. The maximum Gasteiger partial charge on any atom is 0.162 e. The number of phenolic OH excluding ortho intramolecular Hbond substituents is 1. The van der Waals surface area contributed by atoms with E-state index >= 15 is 0 Å². The second kappa shape index (κ2) is 7.30. The molecule has 1 saturated heterocycles. The topological polar surface area (TPSA) is 68.5 Å². The quantitative estimate of drug-likeness (QED) is 0.816. The SMILES string of the molecule is C=C(C)C[C@@H](c1cc(C#N)cc(OC)c1O)N1CCNCC1. The van der Waals surface area contributed by atoms with Crippen LogP contribution in [-0.2, 0) is 0 Å². The van der Waals surface area contributed by atoms with Gasteiger partial charge in [0, 0.05) is 43.9 Å². The van der Waals surface area contributed by atoms with E-state index in [1.54, 1.807) is 12.1 Å². The van der Waals surface area contributed by atoms with Crippen LogP contribution in [0, 0.1) is 11.3 Å². The summed E-state index contributed by atoms with van der Waals surface area (Å²) < 4.78 is 5.22. The van der Waals surface area contributed by atoms with Crippen LogP contribution < -0.4 is 10.1 Å². The summed E-state index contributed by atoms with van der Waals surface area (Å²) >= 11 is 0. The Balaban J connectivity index is 2.45. The maximum atomic E-state index is 10.5. The first-order valence-electron chi connectivity index (χ1n) is 7.47. The maximum absolute atomic E-state index is 10.5. The number of benzene rings is 1. The van der Waals surface area contributed by atoms with E-state index < -0.39 is 0 Å². The summed E-state index contributed by atoms with van der Waals surface area (Å²) in [5, 5.41) is 23.1. The van der Waals surface area contributed by atoms with Gasteiger partial charge in [-0.05, 0) is 19.4 Å². The Morgan fingerprint density at radius 3 is 2.73 bits per heavy atom. The Labute approximate surface area is 131 Å². The first kappa shape index (κ1) is 16.3. The van der Waals surface area contributed by atoms with Gasteiger partial charge in [0.1, 0.15) is 0 Å². The number of methoxy groups -OCH3 is 1. The molecule has 0 aliphatic carbocycles. The Hall–Kier alpha value is -2.03. The molecule has 1 heterocycles. The van der Waals surface area contributed by atoms with Gasteiger partial charge in [-0.25, -0.2) is 0 Å². The summed E-state index contributed by atoms with van der Waals surface area (Å²) in [6, 6.07) is 5.46. The molecule has 5 heteroatoms. The minimum Gasteiger partial charge on any atom is -0.504 e. The Morgan fingerprint density at radius 2 is 2.18 bits per heavy atom. The zero-order valence-electron chi connectivity index (χ0n) is 13.2. The van der Waals surface area contributed by atoms with Crippen LogP contribution in [0.1, 0.15) is 30.5 Å². The normalized spacial score (nSPS) is 16.8. The van der Waals surface area contributed by atoms with Crippen molar-refractivity contribution >= 4 is 0 Å². The minimum absolute atomic E-state index is 0.00167. The first-order valence-corrected chi connectivity index (χ1v) is 7.47. The van der Waals surface area contributed by atoms with Crippen LogP contribution >= 0.6 is 0 Å². The van der Waals surface area contributed by atoms with Crippen molar-refractivity contribution in [3.63, 3.8) is 0 Å². The zero-order chi connectivity index (χ0) is 16.1. The monoisotopic (exact) mass is 301 g/mol. The lowest BCUT2D eigenvalue weighted by molar-refractivity contribution is 0.169. The zero-order valence-corrected chi connectivity index (χ0v) is 13.2. The van der Waals surface area contributed by atoms with Gasteiger partial charge in [-0.15, -0.1) is 6.58 Å². The number of piperazine rings is 1. The highest BCUT2D eigenvalue weighted by Crippen LogP contribution is 2.39. The van der Waals surface area contributed by atoms with E-state index in [1.165, 1.54) is 7.11 Å². The fourth-order valence-electron chi connectivity index (χ4n) is 2.86. The molecule has 0 bridgehead atoms. The molecule has 1 aliphatic heterocycles. The molecule has 5 nitrogen and oxygen atoms in total. The fourth-order valence-corrected chi connectivity index (χ4v) is 2.86. The molecule has 0 aromatic heterocycles. The number of nitrogens with one attached hydrogen (secondary N) is 1. The molecule has 22 heavy (non-hydrogen) atoms. The van der Waals surface area contributed by atoms with Crippen LogP contribution in [0.25, 0.3) is 0 Å². The fraction of sp³-hybridized carbons (Fsp3) is 0.471. The Kier molecular flexibility index (Phi) is 5.42. The molecule has 1 atom stereocenters. The van der Waals surface area contributed by atoms with Crippen LogP contribution in [0.2, 0.25) is 0 Å². The first-order chi connectivity index (χ1) is 10.6. The van der Waals surface area contributed by atoms with Crippen LogP contribution in [0.3, 0.4) is 0 Å². The van der Waals surface area contributed by atoms with E-state index in [9.17, 15) is 10.4 Å².